The fourth-order valence-corrected chi connectivity index (χ4v) is 6.91. The average molecular weight is 647 g/mol. The van der Waals surface area contributed by atoms with Crippen LogP contribution in [0.2, 0.25) is 0 Å². The molecule has 2 aromatic heterocycles. The van der Waals surface area contributed by atoms with E-state index in [1.165, 1.54) is 26.5 Å². The van der Waals surface area contributed by atoms with Crippen LogP contribution in [0.15, 0.2) is 119 Å². The van der Waals surface area contributed by atoms with Crippen molar-refractivity contribution in [2.75, 3.05) is 12.4 Å². The molecule has 0 saturated heterocycles. The maximum atomic E-state index is 15.0. The third kappa shape index (κ3) is 6.72. The first-order valence-corrected chi connectivity index (χ1v) is 16.3. The molecule has 1 N–H and O–H groups in total. The average Bonchev–Trinajstić information content (AvgIpc) is 3.44. The molecule has 0 bridgehead atoms. The van der Waals surface area contributed by atoms with Gasteiger partial charge in [0.05, 0.1) is 17.6 Å². The maximum Gasteiger partial charge on any atom is 0.337 e. The number of amides is 1. The number of para-hydroxylation sites is 1. The van der Waals surface area contributed by atoms with Crippen LogP contribution >= 0.6 is 11.3 Å². The van der Waals surface area contributed by atoms with Gasteiger partial charge in [0.2, 0.25) is 5.91 Å². The van der Waals surface area contributed by atoms with Crippen LogP contribution < -0.4 is 16.6 Å². The monoisotopic (exact) mass is 646 g/mol. The fraction of sp³-hybridized carbons (Fsp3) is 0.184. The molecule has 2 heterocycles. The first-order chi connectivity index (χ1) is 22.7. The number of aromatic nitrogens is 2. The van der Waals surface area contributed by atoms with Gasteiger partial charge >= 0.3 is 5.69 Å². The summed E-state index contributed by atoms with van der Waals surface area (Å²) in [5.41, 5.74) is 3.23. The Balaban J connectivity index is 1.58. The molecular weight excluding hydrogens is 612 g/mol. The Morgan fingerprint density at radius 3 is 2.15 bits per heavy atom. The summed E-state index contributed by atoms with van der Waals surface area (Å²) in [6.45, 7) is 4.68. The van der Waals surface area contributed by atoms with Crippen LogP contribution in [0.3, 0.4) is 0 Å². The summed E-state index contributed by atoms with van der Waals surface area (Å²) in [4.78, 5) is 44.5. The third-order valence-corrected chi connectivity index (χ3v) is 9.34. The lowest BCUT2D eigenvalue weighted by Gasteiger charge is -2.18. The van der Waals surface area contributed by atoms with Crippen molar-refractivity contribution in [2.24, 2.45) is 5.92 Å². The molecule has 6 rings (SSSR count). The number of nitrogens with one attached hydrogen (secondary N) is 1. The maximum absolute atomic E-state index is 15.0. The lowest BCUT2D eigenvalue weighted by molar-refractivity contribution is -0.118. The molecule has 7 nitrogen and oxygen atoms in total. The minimum absolute atomic E-state index is 0.0471. The lowest BCUT2D eigenvalue weighted by atomic mass is 10.1. The van der Waals surface area contributed by atoms with Crippen LogP contribution in [0.1, 0.15) is 30.5 Å². The number of halogens is 1. The van der Waals surface area contributed by atoms with Gasteiger partial charge in [-0.3, -0.25) is 19.1 Å². The minimum Gasteiger partial charge on any atom is -0.326 e. The van der Waals surface area contributed by atoms with Crippen molar-refractivity contribution >= 4 is 33.1 Å². The van der Waals surface area contributed by atoms with Gasteiger partial charge in [0, 0.05) is 35.1 Å². The minimum atomic E-state index is -0.541. The molecule has 0 unspecified atom stereocenters. The number of hydrogen-bond donors (Lipinski definition) is 1. The zero-order valence-corrected chi connectivity index (χ0v) is 27.3. The summed E-state index contributed by atoms with van der Waals surface area (Å²) in [6, 6.07) is 32.8. The van der Waals surface area contributed by atoms with Crippen LogP contribution in [0.4, 0.5) is 10.1 Å². The summed E-state index contributed by atoms with van der Waals surface area (Å²) in [5.74, 6) is -0.674. The number of carbonyl (C=O) groups excluding carboxylic acids is 1. The Bertz CT molecular complexity index is 2150. The number of benzene rings is 4. The van der Waals surface area contributed by atoms with E-state index in [9.17, 15) is 18.8 Å². The van der Waals surface area contributed by atoms with E-state index in [2.05, 4.69) is 22.3 Å². The van der Waals surface area contributed by atoms with Gasteiger partial charge in [-0.1, -0.05) is 92.7 Å². The number of anilines is 1. The molecule has 0 atom stereocenters. The topological polar surface area (TPSA) is 76.3 Å². The molecule has 47 heavy (non-hydrogen) atoms. The molecule has 0 saturated carbocycles. The predicted octanol–water partition coefficient (Wildman–Crippen LogP) is 7.29. The van der Waals surface area contributed by atoms with Gasteiger partial charge < -0.3 is 5.32 Å². The predicted molar refractivity (Wildman–Crippen MR) is 188 cm³/mol. The highest BCUT2D eigenvalue weighted by Gasteiger charge is 2.25. The molecule has 6 aromatic rings. The molecule has 0 aliphatic carbocycles. The highest BCUT2D eigenvalue weighted by molar-refractivity contribution is 7.22. The highest BCUT2D eigenvalue weighted by atomic mass is 32.1. The van der Waals surface area contributed by atoms with Gasteiger partial charge in [-0.15, -0.1) is 11.3 Å². The van der Waals surface area contributed by atoms with Gasteiger partial charge in [-0.25, -0.2) is 13.8 Å². The first kappa shape index (κ1) is 31.8. The lowest BCUT2D eigenvalue weighted by Crippen LogP contribution is -2.39. The second-order valence-corrected chi connectivity index (χ2v) is 12.9. The van der Waals surface area contributed by atoms with Crippen molar-refractivity contribution in [3.8, 4) is 16.1 Å². The Labute approximate surface area is 276 Å². The van der Waals surface area contributed by atoms with Crippen molar-refractivity contribution in [1.29, 1.82) is 0 Å². The fourth-order valence-electron chi connectivity index (χ4n) is 5.61. The Hall–Kier alpha value is -5.12. The Morgan fingerprint density at radius 2 is 1.49 bits per heavy atom. The highest BCUT2D eigenvalue weighted by Crippen LogP contribution is 2.38. The second-order valence-electron chi connectivity index (χ2n) is 11.9. The van der Waals surface area contributed by atoms with Crippen LogP contribution in [0.25, 0.3) is 26.3 Å². The van der Waals surface area contributed by atoms with Gasteiger partial charge in [0.1, 0.15) is 10.6 Å². The summed E-state index contributed by atoms with van der Waals surface area (Å²) in [5, 5.41) is 3.35. The van der Waals surface area contributed by atoms with Gasteiger partial charge in [0.15, 0.2) is 0 Å². The van der Waals surface area contributed by atoms with Gasteiger partial charge in [-0.2, -0.15) is 0 Å². The summed E-state index contributed by atoms with van der Waals surface area (Å²) in [7, 11) is 2.00. The number of fused-ring (bicyclic) bond motifs is 1. The molecule has 0 radical (unpaired) electrons. The first-order valence-electron chi connectivity index (χ1n) is 15.4. The van der Waals surface area contributed by atoms with E-state index in [0.29, 0.717) is 40.2 Å². The smallest absolute Gasteiger partial charge is 0.326 e. The van der Waals surface area contributed by atoms with Gasteiger partial charge in [-0.05, 0) is 54.1 Å². The van der Waals surface area contributed by atoms with E-state index in [0.717, 1.165) is 21.6 Å². The number of nitrogens with zero attached hydrogens (tertiary/aromatic N) is 3. The molecule has 4 aromatic carbocycles. The molecule has 0 spiro atoms. The standard InChI is InChI=1S/C38H35FN4O3S/c1-25(2)35(44)40-29-20-18-27(19-21-29)34-31(24-41(3)22-26-12-6-4-7-13-26)33-36(45)43(30-15-8-5-9-16-30)38(46)42(37(33)47-34)23-28-14-10-11-17-32(28)39/h4-21,25H,22-24H2,1-3H3,(H,40,44). The number of hydrogen-bond acceptors (Lipinski definition) is 5. The molecular formula is C38H35FN4O3S. The number of thiophene rings is 1. The van der Waals surface area contributed by atoms with E-state index in [1.54, 1.807) is 42.5 Å². The van der Waals surface area contributed by atoms with Crippen molar-refractivity contribution in [2.45, 2.75) is 33.5 Å². The molecule has 238 valence electrons. The van der Waals surface area contributed by atoms with Crippen LogP contribution in [0, 0.1) is 11.7 Å². The van der Waals surface area contributed by atoms with Crippen molar-refractivity contribution in [3.63, 3.8) is 0 Å². The Morgan fingerprint density at radius 1 is 0.851 bits per heavy atom. The second kappa shape index (κ2) is 13.7. The molecule has 9 heteroatoms. The zero-order chi connectivity index (χ0) is 33.1. The van der Waals surface area contributed by atoms with Crippen LogP contribution in [-0.2, 0) is 24.4 Å². The quantitative estimate of drug-likeness (QED) is 0.170. The van der Waals surface area contributed by atoms with E-state index in [-0.39, 0.29) is 18.4 Å². The van der Waals surface area contributed by atoms with Crippen molar-refractivity contribution in [3.05, 3.63) is 153 Å². The van der Waals surface area contributed by atoms with Crippen molar-refractivity contribution in [1.82, 2.24) is 14.0 Å². The third-order valence-electron chi connectivity index (χ3n) is 8.04. The van der Waals surface area contributed by atoms with Crippen LogP contribution in [-0.4, -0.2) is 27.0 Å². The SMILES string of the molecule is CC(C)C(=O)Nc1ccc(-c2sc3c(c2CN(C)Cc2ccccc2)c(=O)n(-c2ccccc2)c(=O)n3Cc2ccccc2F)cc1. The largest absolute Gasteiger partial charge is 0.337 e. The molecule has 0 aliphatic heterocycles. The molecule has 0 aliphatic rings. The van der Waals surface area contributed by atoms with E-state index in [1.807, 2.05) is 69.4 Å². The molecule has 1 amide bonds. The van der Waals surface area contributed by atoms with Crippen molar-refractivity contribution < 1.29 is 9.18 Å². The summed E-state index contributed by atoms with van der Waals surface area (Å²) in [6.07, 6.45) is 0. The zero-order valence-electron chi connectivity index (χ0n) is 26.4. The van der Waals surface area contributed by atoms with E-state index in [4.69, 9.17) is 0 Å². The number of carbonyl (C=O) groups is 1. The summed E-state index contributed by atoms with van der Waals surface area (Å²) >= 11 is 1.35. The Kier molecular flexibility index (Phi) is 9.29. The van der Waals surface area contributed by atoms with Gasteiger partial charge in [0.25, 0.3) is 5.56 Å². The molecule has 0 fully saturated rings. The number of rotatable bonds is 10. The van der Waals surface area contributed by atoms with E-state index >= 15 is 0 Å². The van der Waals surface area contributed by atoms with Crippen LogP contribution in [0.5, 0.6) is 0 Å². The van der Waals surface area contributed by atoms with E-state index < -0.39 is 17.1 Å². The summed E-state index contributed by atoms with van der Waals surface area (Å²) < 4.78 is 17.7. The normalized spacial score (nSPS) is 11.4.